The minimum atomic E-state index is 0.279. The van der Waals surface area contributed by atoms with E-state index in [9.17, 15) is 0 Å². The van der Waals surface area contributed by atoms with Crippen LogP contribution in [0.2, 0.25) is 0 Å². The van der Waals surface area contributed by atoms with Crippen LogP contribution in [0, 0.1) is 10.8 Å². The minimum Gasteiger partial charge on any atom is -0.385 e. The summed E-state index contributed by atoms with van der Waals surface area (Å²) in [6.07, 6.45) is 13.7. The average molecular weight is 529 g/mol. The van der Waals surface area contributed by atoms with E-state index >= 15 is 0 Å². The molecule has 0 spiro atoms. The van der Waals surface area contributed by atoms with Crippen LogP contribution in [0.15, 0.2) is 30.6 Å². The monoisotopic (exact) mass is 529 g/mol. The number of nitrogens with two attached hydrogens (primary N) is 7. The third-order valence-electron chi connectivity index (χ3n) is 5.65. The van der Waals surface area contributed by atoms with Gasteiger partial charge in [0, 0.05) is 32.2 Å². The largest absolute Gasteiger partial charge is 0.385 e. The molecule has 2 rings (SSSR count). The maximum Gasteiger partial charge on any atom is 0.0474 e. The lowest BCUT2D eigenvalue weighted by molar-refractivity contribution is 0.0904. The molecule has 9 heteroatoms. The van der Waals surface area contributed by atoms with Crippen molar-refractivity contribution in [1.82, 2.24) is 4.98 Å². The molecule has 1 fully saturated rings. The molecule has 1 aliphatic carbocycles. The second-order valence-corrected chi connectivity index (χ2v) is 10.6. The van der Waals surface area contributed by atoms with E-state index in [0.29, 0.717) is 11.5 Å². The molecule has 2 atom stereocenters. The van der Waals surface area contributed by atoms with Crippen LogP contribution in [0.3, 0.4) is 0 Å². The molecule has 14 N–H and O–H groups in total. The molecular formula is C28H64N8O. The Labute approximate surface area is 229 Å². The zero-order valence-corrected chi connectivity index (χ0v) is 24.7. The molecular weight excluding hydrogens is 464 g/mol. The highest BCUT2D eigenvalue weighted by Crippen LogP contribution is 2.44. The van der Waals surface area contributed by atoms with Crippen molar-refractivity contribution in [2.75, 3.05) is 53.0 Å². The van der Waals surface area contributed by atoms with Gasteiger partial charge in [-0.25, -0.2) is 0 Å². The van der Waals surface area contributed by atoms with Crippen LogP contribution in [0.1, 0.15) is 78.6 Å². The van der Waals surface area contributed by atoms with Crippen LogP contribution in [-0.4, -0.2) is 64.0 Å². The molecule has 222 valence electrons. The first kappa shape index (κ1) is 40.3. The topological polar surface area (TPSA) is 204 Å². The maximum atomic E-state index is 6.01. The fourth-order valence-electron chi connectivity index (χ4n) is 4.17. The van der Waals surface area contributed by atoms with Crippen molar-refractivity contribution >= 4 is 0 Å². The second-order valence-electron chi connectivity index (χ2n) is 10.6. The standard InChI is InChI=1S/C10H22N2.C6H16N2.C5H5N.C4H11NO.C3H10N2/c1-9(2)4-8(12)5-10(3,6-9)7-11;7-5-3-1-2-4-6-8;1-2-4-6-5-3-1;1-6-4-2-3-5;4-2-1-3-5/h8H,4-7,11-12H2,1-3H3;1-8H2;1-5H;2-5H2,1H3;1-5H2. The van der Waals surface area contributed by atoms with Gasteiger partial charge in [0.25, 0.3) is 0 Å². The molecule has 0 radical (unpaired) electrons. The van der Waals surface area contributed by atoms with Gasteiger partial charge < -0.3 is 44.9 Å². The number of rotatable bonds is 11. The lowest BCUT2D eigenvalue weighted by atomic mass is 9.63. The number of hydrogen-bond donors (Lipinski definition) is 7. The normalized spacial score (nSPS) is 19.4. The van der Waals surface area contributed by atoms with Crippen LogP contribution in [0.25, 0.3) is 0 Å². The van der Waals surface area contributed by atoms with Crippen molar-refractivity contribution < 1.29 is 4.74 Å². The highest BCUT2D eigenvalue weighted by molar-refractivity contribution is 4.93. The first-order chi connectivity index (χ1) is 17.6. The summed E-state index contributed by atoms with van der Waals surface area (Å²) in [5.41, 5.74) is 38.2. The van der Waals surface area contributed by atoms with Crippen molar-refractivity contribution in [1.29, 1.82) is 0 Å². The van der Waals surface area contributed by atoms with Crippen molar-refractivity contribution in [3.8, 4) is 0 Å². The number of pyridine rings is 1. The van der Waals surface area contributed by atoms with Gasteiger partial charge in [-0.15, -0.1) is 0 Å². The van der Waals surface area contributed by atoms with E-state index in [1.165, 1.54) is 19.3 Å². The smallest absolute Gasteiger partial charge is 0.0474 e. The predicted molar refractivity (Wildman–Crippen MR) is 162 cm³/mol. The van der Waals surface area contributed by atoms with E-state index in [0.717, 1.165) is 84.4 Å². The summed E-state index contributed by atoms with van der Waals surface area (Å²) in [6.45, 7) is 12.2. The number of unbranched alkanes of at least 4 members (excludes halogenated alkanes) is 3. The molecule has 1 heterocycles. The van der Waals surface area contributed by atoms with E-state index in [1.807, 2.05) is 18.2 Å². The Morgan fingerprint density at radius 3 is 1.43 bits per heavy atom. The Morgan fingerprint density at radius 2 is 1.19 bits per heavy atom. The van der Waals surface area contributed by atoms with E-state index in [1.54, 1.807) is 19.5 Å². The summed E-state index contributed by atoms with van der Waals surface area (Å²) in [7, 11) is 1.68. The van der Waals surface area contributed by atoms with E-state index in [-0.39, 0.29) is 5.41 Å². The van der Waals surface area contributed by atoms with Crippen LogP contribution < -0.4 is 40.1 Å². The molecule has 0 saturated heterocycles. The van der Waals surface area contributed by atoms with Crippen molar-refractivity contribution in [2.24, 2.45) is 51.0 Å². The van der Waals surface area contributed by atoms with Gasteiger partial charge in [0.2, 0.25) is 0 Å². The van der Waals surface area contributed by atoms with Crippen LogP contribution in [-0.2, 0) is 4.74 Å². The number of methoxy groups -OCH3 is 1. The summed E-state index contributed by atoms with van der Waals surface area (Å²) in [5.74, 6) is 0. The Bertz CT molecular complexity index is 497. The number of nitrogens with zero attached hydrogens (tertiary/aromatic N) is 1. The SMILES string of the molecule is CC1(C)CC(N)CC(C)(CN)C1.COCCCN.NCCCCCCN.NCCCN.c1ccncc1. The molecule has 0 amide bonds. The van der Waals surface area contributed by atoms with Crippen molar-refractivity contribution in [2.45, 2.75) is 84.6 Å². The predicted octanol–water partition coefficient (Wildman–Crippen LogP) is 2.31. The molecule has 0 aliphatic heterocycles. The van der Waals surface area contributed by atoms with Gasteiger partial charge in [0.1, 0.15) is 0 Å². The minimum absolute atomic E-state index is 0.279. The van der Waals surface area contributed by atoms with Crippen molar-refractivity contribution in [3.05, 3.63) is 30.6 Å². The molecule has 1 aliphatic rings. The summed E-state index contributed by atoms with van der Waals surface area (Å²) < 4.78 is 4.70. The molecule has 0 aromatic carbocycles. The summed E-state index contributed by atoms with van der Waals surface area (Å²) in [5, 5.41) is 0. The van der Waals surface area contributed by atoms with Crippen LogP contribution >= 0.6 is 0 Å². The lowest BCUT2D eigenvalue weighted by Gasteiger charge is -2.45. The highest BCUT2D eigenvalue weighted by Gasteiger charge is 2.38. The molecule has 9 nitrogen and oxygen atoms in total. The zero-order chi connectivity index (χ0) is 28.8. The number of ether oxygens (including phenoxy) is 1. The molecule has 1 aromatic heterocycles. The van der Waals surface area contributed by atoms with Gasteiger partial charge in [-0.05, 0) is 107 Å². The average Bonchev–Trinajstić information content (AvgIpc) is 2.87. The third-order valence-corrected chi connectivity index (χ3v) is 5.65. The second kappa shape index (κ2) is 29.4. The quantitative estimate of drug-likeness (QED) is 0.210. The Morgan fingerprint density at radius 1 is 0.703 bits per heavy atom. The molecule has 0 bridgehead atoms. The van der Waals surface area contributed by atoms with Crippen molar-refractivity contribution in [3.63, 3.8) is 0 Å². The van der Waals surface area contributed by atoms with Gasteiger partial charge in [-0.1, -0.05) is 39.7 Å². The maximum absolute atomic E-state index is 6.01. The lowest BCUT2D eigenvalue weighted by Crippen LogP contribution is -2.45. The van der Waals surface area contributed by atoms with Gasteiger partial charge >= 0.3 is 0 Å². The first-order valence-corrected chi connectivity index (χ1v) is 13.9. The van der Waals surface area contributed by atoms with Gasteiger partial charge in [-0.3, -0.25) is 4.98 Å². The van der Waals surface area contributed by atoms with Gasteiger partial charge in [-0.2, -0.15) is 0 Å². The summed E-state index contributed by atoms with van der Waals surface area (Å²) in [6, 6.07) is 6.06. The Kier molecular flexibility index (Phi) is 32.0. The number of hydrogen-bond acceptors (Lipinski definition) is 9. The Balaban J connectivity index is -0.000000408. The molecule has 1 saturated carbocycles. The summed E-state index contributed by atoms with van der Waals surface area (Å²) >= 11 is 0. The molecule has 2 unspecified atom stereocenters. The fourth-order valence-corrected chi connectivity index (χ4v) is 4.17. The highest BCUT2D eigenvalue weighted by atomic mass is 16.5. The van der Waals surface area contributed by atoms with Gasteiger partial charge in [0.05, 0.1) is 0 Å². The van der Waals surface area contributed by atoms with E-state index < -0.39 is 0 Å². The number of aromatic nitrogens is 1. The zero-order valence-electron chi connectivity index (χ0n) is 24.7. The third kappa shape index (κ3) is 32.8. The fraction of sp³-hybridized carbons (Fsp3) is 0.821. The van der Waals surface area contributed by atoms with Crippen LogP contribution in [0.5, 0.6) is 0 Å². The van der Waals surface area contributed by atoms with Gasteiger partial charge in [0.15, 0.2) is 0 Å². The van der Waals surface area contributed by atoms with E-state index in [2.05, 4.69) is 25.8 Å². The van der Waals surface area contributed by atoms with Crippen LogP contribution in [0.4, 0.5) is 0 Å². The van der Waals surface area contributed by atoms with E-state index in [4.69, 9.17) is 44.9 Å². The summed E-state index contributed by atoms with van der Waals surface area (Å²) in [4.78, 5) is 3.78. The molecule has 1 aromatic rings. The Hall–Kier alpha value is -1.17. The first-order valence-electron chi connectivity index (χ1n) is 13.9. The molecule has 37 heavy (non-hydrogen) atoms.